The summed E-state index contributed by atoms with van der Waals surface area (Å²) in [6.07, 6.45) is 7.66. The summed E-state index contributed by atoms with van der Waals surface area (Å²) in [5.41, 5.74) is 7.57. The first-order chi connectivity index (χ1) is 20.1. The Morgan fingerprint density at radius 2 is 1.85 bits per heavy atom. The van der Waals surface area contributed by atoms with Gasteiger partial charge in [0.15, 0.2) is 0 Å². The molecule has 0 radical (unpaired) electrons. The molecule has 1 aliphatic heterocycles. The van der Waals surface area contributed by atoms with E-state index in [-0.39, 0.29) is 11.7 Å². The Bertz CT molecular complexity index is 1870. The van der Waals surface area contributed by atoms with E-state index in [0.29, 0.717) is 40.6 Å². The molecular formula is C31H27FN8O. The van der Waals surface area contributed by atoms with Crippen LogP contribution in [-0.2, 0) is 4.79 Å². The largest absolute Gasteiger partial charge is 0.338 e. The second kappa shape index (κ2) is 10.5. The lowest BCUT2D eigenvalue weighted by Gasteiger charge is -2.21. The first-order valence-electron chi connectivity index (χ1n) is 13.7. The van der Waals surface area contributed by atoms with Crippen molar-refractivity contribution in [2.24, 2.45) is 5.92 Å². The van der Waals surface area contributed by atoms with Crippen LogP contribution in [0.25, 0.3) is 55.8 Å². The Balaban J connectivity index is 1.19. The van der Waals surface area contributed by atoms with Crippen molar-refractivity contribution >= 4 is 33.7 Å². The SMILES string of the molecule is O=C(CC1CCNCC1)Nc1cncc(-c2ccc3[nH]nc(-c4cc5c(-c6ccc(F)cc6)ccnc5[nH]4)c3n2)c1. The van der Waals surface area contributed by atoms with Gasteiger partial charge in [-0.15, -0.1) is 0 Å². The predicted octanol–water partition coefficient (Wildman–Crippen LogP) is 5.70. The number of aromatic amines is 2. The second-order valence-corrected chi connectivity index (χ2v) is 10.4. The molecule has 5 aromatic heterocycles. The molecule has 10 heteroatoms. The van der Waals surface area contributed by atoms with Crippen molar-refractivity contribution in [1.82, 2.24) is 35.5 Å². The number of halogens is 1. The number of fused-ring (bicyclic) bond motifs is 2. The molecule has 0 aliphatic carbocycles. The number of piperidine rings is 1. The molecule has 6 heterocycles. The fourth-order valence-corrected chi connectivity index (χ4v) is 5.49. The van der Waals surface area contributed by atoms with Crippen molar-refractivity contribution < 1.29 is 9.18 Å². The van der Waals surface area contributed by atoms with Gasteiger partial charge in [0.25, 0.3) is 0 Å². The van der Waals surface area contributed by atoms with Crippen LogP contribution >= 0.6 is 0 Å². The monoisotopic (exact) mass is 546 g/mol. The number of H-pyrrole nitrogens is 2. The highest BCUT2D eigenvalue weighted by Gasteiger charge is 2.18. The lowest BCUT2D eigenvalue weighted by molar-refractivity contribution is -0.117. The molecule has 6 aromatic rings. The number of hydrogen-bond donors (Lipinski definition) is 4. The summed E-state index contributed by atoms with van der Waals surface area (Å²) in [4.78, 5) is 29.8. The van der Waals surface area contributed by atoms with Gasteiger partial charge in [-0.05, 0) is 85.4 Å². The number of aromatic nitrogens is 6. The van der Waals surface area contributed by atoms with Crippen LogP contribution in [0.3, 0.4) is 0 Å². The quantitative estimate of drug-likeness (QED) is 0.213. The lowest BCUT2D eigenvalue weighted by Crippen LogP contribution is -2.30. The molecule has 0 saturated carbocycles. The minimum Gasteiger partial charge on any atom is -0.338 e. The van der Waals surface area contributed by atoms with Crippen molar-refractivity contribution in [3.05, 3.63) is 79.0 Å². The number of carbonyl (C=O) groups is 1. The molecule has 204 valence electrons. The zero-order valence-electron chi connectivity index (χ0n) is 22.1. The minimum atomic E-state index is -0.279. The van der Waals surface area contributed by atoms with Gasteiger partial charge in [-0.25, -0.2) is 14.4 Å². The Labute approximate surface area is 234 Å². The molecule has 7 rings (SSSR count). The van der Waals surface area contributed by atoms with Crippen molar-refractivity contribution in [1.29, 1.82) is 0 Å². The van der Waals surface area contributed by atoms with Gasteiger partial charge in [-0.3, -0.25) is 14.9 Å². The van der Waals surface area contributed by atoms with Crippen molar-refractivity contribution in [2.75, 3.05) is 18.4 Å². The summed E-state index contributed by atoms with van der Waals surface area (Å²) in [6, 6.07) is 16.0. The number of anilines is 1. The van der Waals surface area contributed by atoms with E-state index in [1.807, 2.05) is 30.3 Å². The van der Waals surface area contributed by atoms with Crippen LogP contribution in [-0.4, -0.2) is 49.1 Å². The third-order valence-electron chi connectivity index (χ3n) is 7.60. The molecule has 1 saturated heterocycles. The van der Waals surface area contributed by atoms with E-state index in [1.165, 1.54) is 12.1 Å². The Hall–Kier alpha value is -4.96. The third-order valence-corrected chi connectivity index (χ3v) is 7.60. The highest BCUT2D eigenvalue weighted by atomic mass is 19.1. The van der Waals surface area contributed by atoms with Crippen molar-refractivity contribution in [3.8, 4) is 33.8 Å². The summed E-state index contributed by atoms with van der Waals surface area (Å²) in [7, 11) is 0. The minimum absolute atomic E-state index is 0.00353. The van der Waals surface area contributed by atoms with Gasteiger partial charge in [0.2, 0.25) is 5.91 Å². The fourth-order valence-electron chi connectivity index (χ4n) is 5.49. The molecule has 9 nitrogen and oxygen atoms in total. The number of rotatable bonds is 6. The summed E-state index contributed by atoms with van der Waals surface area (Å²) < 4.78 is 13.5. The number of nitrogens with zero attached hydrogens (tertiary/aromatic N) is 4. The van der Waals surface area contributed by atoms with Crippen LogP contribution in [0.1, 0.15) is 19.3 Å². The molecule has 0 atom stereocenters. The third kappa shape index (κ3) is 5.05. The Morgan fingerprint density at radius 3 is 2.71 bits per heavy atom. The molecule has 41 heavy (non-hydrogen) atoms. The van der Waals surface area contributed by atoms with E-state index in [0.717, 1.165) is 59.2 Å². The van der Waals surface area contributed by atoms with Gasteiger partial charge in [-0.1, -0.05) is 12.1 Å². The Morgan fingerprint density at radius 1 is 1.00 bits per heavy atom. The molecule has 1 aromatic carbocycles. The first-order valence-corrected chi connectivity index (χ1v) is 13.7. The molecule has 0 bridgehead atoms. The highest BCUT2D eigenvalue weighted by Crippen LogP contribution is 2.33. The summed E-state index contributed by atoms with van der Waals surface area (Å²) >= 11 is 0. The summed E-state index contributed by atoms with van der Waals surface area (Å²) in [5, 5.41) is 14.9. The Kier molecular flexibility index (Phi) is 6.44. The van der Waals surface area contributed by atoms with Gasteiger partial charge in [-0.2, -0.15) is 5.10 Å². The maximum Gasteiger partial charge on any atom is 0.224 e. The van der Waals surface area contributed by atoms with Gasteiger partial charge in [0.1, 0.15) is 22.7 Å². The smallest absolute Gasteiger partial charge is 0.224 e. The zero-order valence-corrected chi connectivity index (χ0v) is 22.1. The maximum atomic E-state index is 13.5. The molecule has 1 aliphatic rings. The molecule has 4 N–H and O–H groups in total. The van der Waals surface area contributed by atoms with E-state index < -0.39 is 0 Å². The average molecular weight is 547 g/mol. The van der Waals surface area contributed by atoms with Gasteiger partial charge >= 0.3 is 0 Å². The number of carbonyl (C=O) groups excluding carboxylic acids is 1. The topological polar surface area (TPSA) is 124 Å². The van der Waals surface area contributed by atoms with Crippen LogP contribution in [0, 0.1) is 11.7 Å². The average Bonchev–Trinajstić information content (AvgIpc) is 3.62. The summed E-state index contributed by atoms with van der Waals surface area (Å²) in [6.45, 7) is 1.92. The van der Waals surface area contributed by atoms with Gasteiger partial charge < -0.3 is 15.6 Å². The number of nitrogens with one attached hydrogen (secondary N) is 4. The van der Waals surface area contributed by atoms with E-state index in [9.17, 15) is 9.18 Å². The second-order valence-electron chi connectivity index (χ2n) is 10.4. The standard InChI is InChI=1S/C31H27FN8O/c32-21-3-1-19(2-4-21)23-9-12-35-31-24(23)15-27(38-31)30-29-26(39-40-30)6-5-25(37-29)20-14-22(17-34-16-20)36-28(41)13-18-7-10-33-11-8-18/h1-6,9,12,14-18,33H,7-8,10-11,13H2,(H,35,38)(H,36,41)(H,39,40). The first kappa shape index (κ1) is 25.0. The lowest BCUT2D eigenvalue weighted by atomic mass is 9.94. The number of hydrogen-bond acceptors (Lipinski definition) is 6. The van der Waals surface area contributed by atoms with Crippen LogP contribution in [0.2, 0.25) is 0 Å². The number of benzene rings is 1. The van der Waals surface area contributed by atoms with Crippen LogP contribution in [0.4, 0.5) is 10.1 Å². The van der Waals surface area contributed by atoms with Gasteiger partial charge in [0.05, 0.1) is 28.8 Å². The molecule has 1 fully saturated rings. The number of amides is 1. The number of pyridine rings is 3. The van der Waals surface area contributed by atoms with Crippen molar-refractivity contribution in [2.45, 2.75) is 19.3 Å². The van der Waals surface area contributed by atoms with Gasteiger partial charge in [0, 0.05) is 29.8 Å². The fraction of sp³-hybridized carbons (Fsp3) is 0.194. The maximum absolute atomic E-state index is 13.5. The predicted molar refractivity (Wildman–Crippen MR) is 156 cm³/mol. The molecule has 1 amide bonds. The molecular weight excluding hydrogens is 519 g/mol. The van der Waals surface area contributed by atoms with Crippen molar-refractivity contribution in [3.63, 3.8) is 0 Å². The normalized spacial score (nSPS) is 14.1. The van der Waals surface area contributed by atoms with Crippen LogP contribution < -0.4 is 10.6 Å². The highest BCUT2D eigenvalue weighted by molar-refractivity contribution is 5.99. The van der Waals surface area contributed by atoms with E-state index in [1.54, 1.807) is 30.7 Å². The zero-order chi connectivity index (χ0) is 27.8. The van der Waals surface area contributed by atoms with E-state index >= 15 is 0 Å². The molecule has 0 spiro atoms. The summed E-state index contributed by atoms with van der Waals surface area (Å²) in [5.74, 6) is 0.130. The van der Waals surface area contributed by atoms with E-state index in [4.69, 9.17) is 4.98 Å². The van der Waals surface area contributed by atoms with E-state index in [2.05, 4.69) is 35.8 Å². The molecule has 0 unspecified atom stereocenters. The van der Waals surface area contributed by atoms with Crippen LogP contribution in [0.5, 0.6) is 0 Å². The van der Waals surface area contributed by atoms with Crippen LogP contribution in [0.15, 0.2) is 73.2 Å².